The summed E-state index contributed by atoms with van der Waals surface area (Å²) in [7, 11) is 0. The number of nitrogens with zero attached hydrogens (tertiary/aromatic N) is 2. The molecule has 1 aliphatic heterocycles. The molecule has 0 spiro atoms. The summed E-state index contributed by atoms with van der Waals surface area (Å²) in [4.78, 5) is 14.8. The minimum atomic E-state index is -4.64. The van der Waals surface area contributed by atoms with Crippen molar-refractivity contribution >= 4 is 23.2 Å². The quantitative estimate of drug-likeness (QED) is 0.329. The van der Waals surface area contributed by atoms with Crippen molar-refractivity contribution in [2.24, 2.45) is 5.92 Å². The lowest BCUT2D eigenvalue weighted by Gasteiger charge is -2.40. The van der Waals surface area contributed by atoms with Gasteiger partial charge < -0.3 is 10.0 Å². The second kappa shape index (κ2) is 10.1. The molecule has 0 aliphatic carbocycles. The zero-order valence-corrected chi connectivity index (χ0v) is 18.2. The number of alkyl halides is 3. The van der Waals surface area contributed by atoms with Crippen LogP contribution in [0, 0.1) is 5.92 Å². The van der Waals surface area contributed by atoms with Gasteiger partial charge in [0.25, 0.3) is 5.91 Å². The summed E-state index contributed by atoms with van der Waals surface area (Å²) >= 11 is 5.78. The van der Waals surface area contributed by atoms with Gasteiger partial charge in [0.1, 0.15) is 0 Å². The van der Waals surface area contributed by atoms with E-state index in [1.165, 1.54) is 29.2 Å². The molecule has 1 saturated heterocycles. The Labute approximate surface area is 189 Å². The van der Waals surface area contributed by atoms with E-state index >= 15 is 0 Å². The Kier molecular flexibility index (Phi) is 7.66. The molecule has 1 heterocycles. The van der Waals surface area contributed by atoms with Crippen LogP contribution in [-0.4, -0.2) is 40.6 Å². The van der Waals surface area contributed by atoms with Crippen molar-refractivity contribution in [1.29, 1.82) is 0 Å². The van der Waals surface area contributed by atoms with Crippen LogP contribution in [0.3, 0.4) is 0 Å². The van der Waals surface area contributed by atoms with E-state index in [4.69, 9.17) is 16.8 Å². The summed E-state index contributed by atoms with van der Waals surface area (Å²) in [5.41, 5.74) is 1.62. The SMILES string of the molecule is CC1CCN(C(O)N(Cc2ccc(C(=O)NO)cc2)c2ccc(Cl)c(C(F)(F)F)c2)CC1. The smallest absolute Gasteiger partial charge is 0.361 e. The molecule has 1 amide bonds. The molecule has 1 unspecified atom stereocenters. The van der Waals surface area contributed by atoms with Crippen LogP contribution in [-0.2, 0) is 12.7 Å². The molecule has 1 atom stereocenters. The number of aliphatic hydroxyl groups is 1. The van der Waals surface area contributed by atoms with Crippen LogP contribution in [0.25, 0.3) is 0 Å². The molecule has 10 heteroatoms. The van der Waals surface area contributed by atoms with Gasteiger partial charge in [0.15, 0.2) is 6.35 Å². The number of carbonyl (C=O) groups is 1. The van der Waals surface area contributed by atoms with Crippen molar-refractivity contribution in [3.05, 3.63) is 64.2 Å². The van der Waals surface area contributed by atoms with E-state index in [0.717, 1.165) is 18.9 Å². The van der Waals surface area contributed by atoms with E-state index in [-0.39, 0.29) is 17.8 Å². The number of likely N-dealkylation sites (tertiary alicyclic amines) is 1. The van der Waals surface area contributed by atoms with Crippen LogP contribution in [0.5, 0.6) is 0 Å². The lowest BCUT2D eigenvalue weighted by molar-refractivity contribution is -0.137. The Hall–Kier alpha value is -2.33. The summed E-state index contributed by atoms with van der Waals surface area (Å²) < 4.78 is 40.3. The number of hydrogen-bond acceptors (Lipinski definition) is 5. The van der Waals surface area contributed by atoms with Gasteiger partial charge in [0, 0.05) is 30.9 Å². The summed E-state index contributed by atoms with van der Waals surface area (Å²) in [5.74, 6) is -0.159. The standard InChI is InChI=1S/C22H25ClF3N3O3/c1-14-8-10-28(11-9-14)21(31)29(13-15-2-4-16(5-3-15)20(30)27-32)17-6-7-19(23)18(12-17)22(24,25)26/h2-7,12,14,21,31-32H,8-11,13H2,1H3,(H,27,30). The van der Waals surface area contributed by atoms with Crippen molar-refractivity contribution in [2.45, 2.75) is 38.8 Å². The molecular weight excluding hydrogens is 447 g/mol. The van der Waals surface area contributed by atoms with E-state index in [9.17, 15) is 23.1 Å². The topological polar surface area (TPSA) is 76.0 Å². The first-order valence-corrected chi connectivity index (χ1v) is 10.6. The van der Waals surface area contributed by atoms with Gasteiger partial charge in [0.2, 0.25) is 0 Å². The second-order valence-corrected chi connectivity index (χ2v) is 8.40. The first kappa shape index (κ1) is 24.3. The Bertz CT molecular complexity index is 932. The molecule has 0 radical (unpaired) electrons. The van der Waals surface area contributed by atoms with Crippen molar-refractivity contribution in [3.63, 3.8) is 0 Å². The average Bonchev–Trinajstić information content (AvgIpc) is 2.77. The summed E-state index contributed by atoms with van der Waals surface area (Å²) in [6, 6.07) is 9.75. The normalized spacial score (nSPS) is 16.6. The van der Waals surface area contributed by atoms with Crippen LogP contribution < -0.4 is 10.4 Å². The molecule has 2 aromatic rings. The molecule has 2 aromatic carbocycles. The number of rotatable bonds is 6. The Morgan fingerprint density at radius 2 is 1.84 bits per heavy atom. The highest BCUT2D eigenvalue weighted by atomic mass is 35.5. The third kappa shape index (κ3) is 5.72. The number of nitrogens with one attached hydrogen (secondary N) is 1. The van der Waals surface area contributed by atoms with Crippen molar-refractivity contribution in [2.75, 3.05) is 18.0 Å². The van der Waals surface area contributed by atoms with Crippen LogP contribution in [0.1, 0.15) is 41.3 Å². The maximum Gasteiger partial charge on any atom is 0.417 e. The number of halogens is 4. The van der Waals surface area contributed by atoms with Gasteiger partial charge in [-0.15, -0.1) is 0 Å². The van der Waals surface area contributed by atoms with Crippen molar-refractivity contribution < 1.29 is 28.3 Å². The van der Waals surface area contributed by atoms with E-state index in [1.54, 1.807) is 17.6 Å². The average molecular weight is 472 g/mol. The van der Waals surface area contributed by atoms with Gasteiger partial charge >= 0.3 is 6.18 Å². The fourth-order valence-electron chi connectivity index (χ4n) is 3.69. The van der Waals surface area contributed by atoms with Crippen molar-refractivity contribution in [3.8, 4) is 0 Å². The van der Waals surface area contributed by atoms with Gasteiger partial charge in [-0.1, -0.05) is 30.7 Å². The molecular formula is C22H25ClF3N3O3. The highest BCUT2D eigenvalue weighted by Crippen LogP contribution is 2.38. The molecule has 0 saturated carbocycles. The molecule has 174 valence electrons. The summed E-state index contributed by atoms with van der Waals surface area (Å²) in [5, 5.41) is 19.5. The van der Waals surface area contributed by atoms with Crippen LogP contribution >= 0.6 is 11.6 Å². The lowest BCUT2D eigenvalue weighted by Crippen LogP contribution is -2.51. The van der Waals surface area contributed by atoms with Crippen molar-refractivity contribution in [1.82, 2.24) is 10.4 Å². The molecule has 1 aliphatic rings. The Morgan fingerprint density at radius 1 is 1.22 bits per heavy atom. The fraction of sp³-hybridized carbons (Fsp3) is 0.409. The zero-order valence-electron chi connectivity index (χ0n) is 17.4. The molecule has 3 rings (SSSR count). The first-order chi connectivity index (χ1) is 15.1. The van der Waals surface area contributed by atoms with Gasteiger partial charge in [-0.05, 0) is 54.7 Å². The van der Waals surface area contributed by atoms with Gasteiger partial charge in [-0.2, -0.15) is 13.2 Å². The predicted octanol–water partition coefficient (Wildman–Crippen LogP) is 4.49. The maximum atomic E-state index is 13.4. The molecule has 3 N–H and O–H groups in total. The minimum Gasteiger partial charge on any atom is -0.361 e. The fourth-order valence-corrected chi connectivity index (χ4v) is 3.92. The molecule has 0 aromatic heterocycles. The monoisotopic (exact) mass is 471 g/mol. The largest absolute Gasteiger partial charge is 0.417 e. The lowest BCUT2D eigenvalue weighted by atomic mass is 9.99. The highest BCUT2D eigenvalue weighted by molar-refractivity contribution is 6.31. The molecule has 1 fully saturated rings. The van der Waals surface area contributed by atoms with E-state index in [2.05, 4.69) is 6.92 Å². The number of hydrogen-bond donors (Lipinski definition) is 3. The number of benzene rings is 2. The number of anilines is 1. The second-order valence-electron chi connectivity index (χ2n) is 7.99. The maximum absolute atomic E-state index is 13.4. The minimum absolute atomic E-state index is 0.0905. The summed E-state index contributed by atoms with van der Waals surface area (Å²) in [6.07, 6.45) is -4.02. The predicted molar refractivity (Wildman–Crippen MR) is 114 cm³/mol. The number of amides is 1. The van der Waals surface area contributed by atoms with E-state index < -0.39 is 29.0 Å². The first-order valence-electron chi connectivity index (χ1n) is 10.2. The number of aliphatic hydroxyl groups excluding tert-OH is 1. The van der Waals surface area contributed by atoms with Gasteiger partial charge in [0.05, 0.1) is 10.6 Å². The Morgan fingerprint density at radius 3 is 2.41 bits per heavy atom. The summed E-state index contributed by atoms with van der Waals surface area (Å²) in [6.45, 7) is 3.45. The van der Waals surface area contributed by atoms with E-state index in [0.29, 0.717) is 24.6 Å². The van der Waals surface area contributed by atoms with Crippen LogP contribution in [0.4, 0.5) is 18.9 Å². The van der Waals surface area contributed by atoms with Gasteiger partial charge in [-0.25, -0.2) is 5.48 Å². The highest BCUT2D eigenvalue weighted by Gasteiger charge is 2.35. The molecule has 32 heavy (non-hydrogen) atoms. The third-order valence-corrected chi connectivity index (χ3v) is 6.01. The molecule has 0 bridgehead atoms. The third-order valence-electron chi connectivity index (χ3n) is 5.68. The van der Waals surface area contributed by atoms with Crippen LogP contribution in [0.2, 0.25) is 5.02 Å². The van der Waals surface area contributed by atoms with E-state index in [1.807, 2.05) is 4.90 Å². The van der Waals surface area contributed by atoms with Crippen LogP contribution in [0.15, 0.2) is 42.5 Å². The number of carbonyl (C=O) groups excluding carboxylic acids is 1. The Balaban J connectivity index is 1.94. The zero-order chi connectivity index (χ0) is 23.5. The van der Waals surface area contributed by atoms with Gasteiger partial charge in [-0.3, -0.25) is 14.9 Å². The molecule has 6 nitrogen and oxygen atoms in total. The number of hydroxylamine groups is 1. The number of piperidine rings is 1.